The number of piperidine rings is 1. The SMILES string of the molecule is CCCC[C@H]1C(=O)N2CCC[C@@H]2C(=O)N[C@@H](CC(=O)O)C(=O)N[C@@H](C(C)C)C(=O)N(C)[C@@H](Cc2ccccc2)C(=O)C[C@@H](CCC(=O)O)C(=O)N2CCCC[C@@H]2C(=O)N[C@@H](Cc2c[nH]c3ccccc23)C(=O)N[C@@H](Cc2ccc(O)cc2)C(=O)N[C@@H](CN)C(=O)N[C@H](C(=O)NCC(N)=O)CSCC(=O)N[C@@H](Cc2cc(F)c(F)c(F)c2)C(=O)N(C)[C@@H](Cc2ccc(O)cc2)C(=O)N1C. The lowest BCUT2D eigenvalue weighted by molar-refractivity contribution is -0.152. The minimum Gasteiger partial charge on any atom is -0.508 e. The molecule has 0 spiro atoms. The van der Waals surface area contributed by atoms with Gasteiger partial charge in [-0.2, -0.15) is 0 Å². The molecule has 37 nitrogen and oxygen atoms in total. The Labute approximate surface area is 769 Å². The molecule has 0 aliphatic carbocycles. The number of hydrogen-bond acceptors (Lipinski definition) is 21. The average Bonchev–Trinajstić information content (AvgIpc) is 1.42. The zero-order valence-corrected chi connectivity index (χ0v) is 75.4. The minimum absolute atomic E-state index is 0.0402. The average molecular weight is 1870 g/mol. The third-order valence-corrected chi connectivity index (χ3v) is 24.9. The number of halogens is 3. The summed E-state index contributed by atoms with van der Waals surface area (Å²) in [4.78, 5) is 258. The maximum Gasteiger partial charge on any atom is 0.305 e. The summed E-state index contributed by atoms with van der Waals surface area (Å²) in [6.07, 6.45) is -2.33. The van der Waals surface area contributed by atoms with E-state index in [0.717, 1.165) is 26.6 Å². The summed E-state index contributed by atoms with van der Waals surface area (Å²) < 4.78 is 45.0. The number of carboxylic acids is 2. The Balaban J connectivity index is 1.13. The molecule has 133 heavy (non-hydrogen) atoms. The molecule has 716 valence electrons. The van der Waals surface area contributed by atoms with E-state index in [0.29, 0.717) is 76.3 Å². The first-order chi connectivity index (χ1) is 63.2. The van der Waals surface area contributed by atoms with Crippen LogP contribution in [0.2, 0.25) is 0 Å². The number of hydrogen-bond donors (Lipinski definition) is 15. The Bertz CT molecular complexity index is 5210. The first kappa shape index (κ1) is 103. The highest BCUT2D eigenvalue weighted by Crippen LogP contribution is 2.30. The quantitative estimate of drug-likeness (QED) is 0.0407. The number of H-pyrrole nitrogens is 1. The van der Waals surface area contributed by atoms with E-state index in [9.17, 15) is 63.2 Å². The number of phenolic OH excluding ortho intramolecular Hbond substituents is 2. The molecule has 9 rings (SSSR count). The number of unbranched alkanes of at least 4 members (excludes halogenated alkanes) is 1. The lowest BCUT2D eigenvalue weighted by Gasteiger charge is -2.38. The summed E-state index contributed by atoms with van der Waals surface area (Å²) in [6.45, 7) is 3.05. The van der Waals surface area contributed by atoms with Crippen LogP contribution in [0.4, 0.5) is 13.2 Å². The van der Waals surface area contributed by atoms with Crippen LogP contribution in [0.5, 0.6) is 11.5 Å². The predicted molar refractivity (Wildman–Crippen MR) is 478 cm³/mol. The van der Waals surface area contributed by atoms with Crippen molar-refractivity contribution in [2.75, 3.05) is 58.8 Å². The van der Waals surface area contributed by atoms with Crippen LogP contribution in [0, 0.1) is 29.3 Å². The lowest BCUT2D eigenvalue weighted by Crippen LogP contribution is -2.61. The number of carbonyl (C=O) groups is 17. The normalized spacial score (nSPS) is 23.7. The number of nitrogens with two attached hydrogens (primary N) is 2. The molecule has 1 aromatic heterocycles. The lowest BCUT2D eigenvalue weighted by atomic mass is 9.88. The van der Waals surface area contributed by atoms with Crippen molar-refractivity contribution in [3.63, 3.8) is 0 Å². The summed E-state index contributed by atoms with van der Waals surface area (Å²) >= 11 is 0.614. The number of benzene rings is 5. The zero-order valence-electron chi connectivity index (χ0n) is 74.6. The number of aliphatic carboxylic acids is 2. The van der Waals surface area contributed by atoms with E-state index < -0.39 is 277 Å². The van der Waals surface area contributed by atoms with Crippen LogP contribution in [-0.4, -0.2) is 282 Å². The monoisotopic (exact) mass is 1870 g/mol. The number of likely N-dealkylation sites (N-methyl/N-ethyl adjacent to an activating group) is 3. The van der Waals surface area contributed by atoms with Crippen molar-refractivity contribution in [2.45, 2.75) is 202 Å². The number of para-hydroxylation sites is 1. The summed E-state index contributed by atoms with van der Waals surface area (Å²) in [5.41, 5.74) is 13.4. The molecular formula is C92H115F3N16O21S. The van der Waals surface area contributed by atoms with Crippen LogP contribution in [0.15, 0.2) is 121 Å². The van der Waals surface area contributed by atoms with Crippen LogP contribution < -0.4 is 54.0 Å². The molecule has 3 aliphatic rings. The molecule has 4 heterocycles. The van der Waals surface area contributed by atoms with Crippen molar-refractivity contribution in [3.05, 3.63) is 167 Å². The van der Waals surface area contributed by atoms with Gasteiger partial charge in [0.05, 0.1) is 24.8 Å². The Hall–Kier alpha value is -13.5. The van der Waals surface area contributed by atoms with Crippen LogP contribution in [0.25, 0.3) is 10.9 Å². The number of primary amides is 1. The van der Waals surface area contributed by atoms with Crippen molar-refractivity contribution in [2.24, 2.45) is 23.3 Å². The van der Waals surface area contributed by atoms with Crippen molar-refractivity contribution in [3.8, 4) is 11.5 Å². The van der Waals surface area contributed by atoms with Gasteiger partial charge in [-0.05, 0) is 128 Å². The highest BCUT2D eigenvalue weighted by molar-refractivity contribution is 8.00. The molecule has 3 fully saturated rings. The van der Waals surface area contributed by atoms with E-state index in [1.54, 1.807) is 67.7 Å². The first-order valence-electron chi connectivity index (χ1n) is 43.9. The maximum absolute atomic E-state index is 15.7. The number of phenols is 2. The molecule has 13 atom stereocenters. The zero-order chi connectivity index (χ0) is 97.2. The number of fused-ring (bicyclic) bond motifs is 3. The Morgan fingerprint density at radius 1 is 0.534 bits per heavy atom. The number of aromatic hydroxyl groups is 2. The molecule has 41 heteroatoms. The number of ketones is 1. The molecule has 0 saturated carbocycles. The molecule has 3 aliphatic heterocycles. The van der Waals surface area contributed by atoms with Crippen LogP contribution in [0.1, 0.15) is 126 Å². The standard InChI is InChI=1S/C92H115F3N16O21S/c1-7-8-21-71-91(131)111-35-16-23-70(111)87(127)103-65(44-78(119)120)84(124)106-80(50(2)3)92(132)108(5)72(40-51-17-10-9-11-18-51)74(114)43-55(28-33-77(117)118)88(128)110-34-15-14-22-69(110)86(126)102-64(42-56-46-98-62-20-13-12-19-59(56)62)83(123)101-63(38-52-24-29-57(112)30-25-52)82(122)104-67(45-96)85(125)105-68(81(121)99-47-75(97)115)48-133-49-76(116)100-66(39-54-36-60(93)79(95)61(94)37-54)89(129)109(6)73(90(130)107(71)4)41-53-26-31-58(113)32-27-53/h9-13,17-20,24-27,29-32,36-37,46,50,55,63-73,80,98,112-113H,7-8,14-16,21-23,28,33-35,38-45,47-49,96H2,1-6H3,(H2,97,115)(H,99,121)(H,100,116)(H,101,123)(H,102,126)(H,103,127)(H,104,122)(H,105,125)(H,106,124)(H,117,118)(H,119,120)/t55-,63+,64+,65+,66+,67+,68+,69-,70-,71+,72+,73+,80+/m1/s1. The number of Topliss-reactive ketones (excluding diaryl/α,β-unsaturated/α-hetero) is 1. The van der Waals surface area contributed by atoms with Crippen molar-refractivity contribution >= 4 is 123 Å². The van der Waals surface area contributed by atoms with Gasteiger partial charge >= 0.3 is 11.9 Å². The minimum atomic E-state index is -1.97. The molecule has 0 radical (unpaired) electrons. The van der Waals surface area contributed by atoms with E-state index >= 15 is 51.9 Å². The maximum atomic E-state index is 15.7. The highest BCUT2D eigenvalue weighted by atomic mass is 32.2. The fourth-order valence-corrected chi connectivity index (χ4v) is 17.3. The number of carboxylic acid groups (broad SMARTS) is 2. The third-order valence-electron chi connectivity index (χ3n) is 23.8. The largest absolute Gasteiger partial charge is 0.508 e. The Morgan fingerprint density at radius 2 is 1.06 bits per heavy atom. The van der Waals surface area contributed by atoms with Gasteiger partial charge in [-0.3, -0.25) is 81.5 Å². The second-order valence-corrected chi connectivity index (χ2v) is 34.9. The number of thioether (sulfide) groups is 1. The van der Waals surface area contributed by atoms with E-state index in [1.165, 1.54) is 81.4 Å². The number of rotatable bonds is 23. The summed E-state index contributed by atoms with van der Waals surface area (Å²) in [5, 5.41) is 62.1. The topological polar surface area (TPSA) is 551 Å². The first-order valence-corrected chi connectivity index (χ1v) is 45.0. The molecule has 5 aromatic carbocycles. The Kier molecular flexibility index (Phi) is 37.7. The summed E-state index contributed by atoms with van der Waals surface area (Å²) in [5.74, 6) is -27.5. The third kappa shape index (κ3) is 28.5. The number of carbonyl (C=O) groups excluding carboxylic acids is 15. The molecular weight excluding hydrogens is 1750 g/mol. The van der Waals surface area contributed by atoms with Crippen LogP contribution in [0.3, 0.4) is 0 Å². The van der Waals surface area contributed by atoms with E-state index in [1.807, 2.05) is 0 Å². The number of nitrogens with zero attached hydrogens (tertiary/aromatic N) is 5. The van der Waals surface area contributed by atoms with Gasteiger partial charge in [0.1, 0.15) is 78.0 Å². The van der Waals surface area contributed by atoms with Gasteiger partial charge in [0, 0.05) is 108 Å². The second kappa shape index (κ2) is 48.6. The predicted octanol–water partition coefficient (Wildman–Crippen LogP) is 1.82. The Morgan fingerprint density at radius 3 is 1.67 bits per heavy atom. The van der Waals surface area contributed by atoms with Gasteiger partial charge in [-0.25, -0.2) is 13.2 Å². The number of aromatic nitrogens is 1. The van der Waals surface area contributed by atoms with Crippen LogP contribution >= 0.6 is 11.8 Å². The van der Waals surface area contributed by atoms with E-state index in [-0.39, 0.29) is 69.5 Å². The fourth-order valence-electron chi connectivity index (χ4n) is 16.5. The number of amides is 14. The summed E-state index contributed by atoms with van der Waals surface area (Å²) in [6, 6.07) is 7.14. The highest BCUT2D eigenvalue weighted by Gasteiger charge is 2.46. The molecule has 17 N–H and O–H groups in total. The number of aromatic amines is 1. The van der Waals surface area contributed by atoms with E-state index in [4.69, 9.17) is 11.5 Å². The fraction of sp³-hybridized carbons (Fsp3) is 0.467. The molecule has 14 amide bonds. The van der Waals surface area contributed by atoms with Crippen molar-refractivity contribution in [1.29, 1.82) is 0 Å². The number of nitrogens with one attached hydrogen (secondary N) is 9. The van der Waals surface area contributed by atoms with Gasteiger partial charge in [0.2, 0.25) is 82.7 Å². The van der Waals surface area contributed by atoms with Gasteiger partial charge in [0.25, 0.3) is 0 Å². The van der Waals surface area contributed by atoms with Crippen LogP contribution in [-0.2, 0) is 114 Å². The molecule has 0 unspecified atom stereocenters. The van der Waals surface area contributed by atoms with Crippen molar-refractivity contribution < 1.29 is 115 Å². The second-order valence-electron chi connectivity index (χ2n) is 33.8. The molecule has 3 saturated heterocycles. The van der Waals surface area contributed by atoms with Gasteiger partial charge in [-0.1, -0.05) is 106 Å². The smallest absolute Gasteiger partial charge is 0.305 e. The summed E-state index contributed by atoms with van der Waals surface area (Å²) in [7, 11) is 3.64. The molecule has 0 bridgehead atoms. The van der Waals surface area contributed by atoms with E-state index in [2.05, 4.69) is 47.5 Å². The van der Waals surface area contributed by atoms with Crippen molar-refractivity contribution in [1.82, 2.24) is 72.0 Å². The van der Waals surface area contributed by atoms with Gasteiger partial charge in [0.15, 0.2) is 23.2 Å². The molecule has 6 aromatic rings. The van der Waals surface area contributed by atoms with Gasteiger partial charge in [-0.15, -0.1) is 11.8 Å². The van der Waals surface area contributed by atoms with Gasteiger partial charge < -0.3 is 104 Å².